The van der Waals surface area contributed by atoms with Gasteiger partial charge in [0.05, 0.1) is 6.61 Å². The number of unbranched alkanes of at least 4 members (excludes halogenated alkanes) is 8. The van der Waals surface area contributed by atoms with Gasteiger partial charge in [-0.1, -0.05) is 86.4 Å². The highest BCUT2D eigenvalue weighted by atomic mass is 79.9. The number of benzene rings is 1. The van der Waals surface area contributed by atoms with Crippen LogP contribution in [-0.4, -0.2) is 11.9 Å². The molecule has 0 unspecified atom stereocenters. The van der Waals surface area contributed by atoms with Crippen LogP contribution in [0.3, 0.4) is 0 Å². The summed E-state index contributed by atoms with van der Waals surface area (Å²) in [5.74, 6) is 1.03. The molecule has 0 spiro atoms. The lowest BCUT2D eigenvalue weighted by atomic mass is 10.1. The molecule has 1 aromatic rings. The SMILES string of the molecule is CCCCCCCCCCCOc1cccc(CCCBr)c1. The lowest BCUT2D eigenvalue weighted by molar-refractivity contribution is 0.304. The Morgan fingerprint density at radius 2 is 1.55 bits per heavy atom. The van der Waals surface area contributed by atoms with Crippen molar-refractivity contribution >= 4 is 15.9 Å². The van der Waals surface area contributed by atoms with E-state index in [9.17, 15) is 0 Å². The molecule has 0 fully saturated rings. The summed E-state index contributed by atoms with van der Waals surface area (Å²) in [6.45, 7) is 3.13. The Balaban J connectivity index is 2.00. The van der Waals surface area contributed by atoms with Crippen molar-refractivity contribution in [2.45, 2.75) is 77.6 Å². The molecule has 0 aromatic heterocycles. The molecule has 2 heteroatoms. The lowest BCUT2D eigenvalue weighted by Gasteiger charge is -2.08. The predicted molar refractivity (Wildman–Crippen MR) is 101 cm³/mol. The Bertz CT molecular complexity index is 364. The van der Waals surface area contributed by atoms with Gasteiger partial charge < -0.3 is 4.74 Å². The van der Waals surface area contributed by atoms with Crippen LogP contribution in [0.15, 0.2) is 24.3 Å². The van der Waals surface area contributed by atoms with Crippen LogP contribution in [0.4, 0.5) is 0 Å². The third kappa shape index (κ3) is 10.3. The lowest BCUT2D eigenvalue weighted by Crippen LogP contribution is -1.98. The van der Waals surface area contributed by atoms with Crippen LogP contribution in [0.5, 0.6) is 5.75 Å². The minimum atomic E-state index is 0.859. The van der Waals surface area contributed by atoms with Crippen LogP contribution in [0.2, 0.25) is 0 Å². The maximum atomic E-state index is 5.87. The maximum Gasteiger partial charge on any atom is 0.119 e. The van der Waals surface area contributed by atoms with Crippen molar-refractivity contribution in [1.29, 1.82) is 0 Å². The van der Waals surface area contributed by atoms with Gasteiger partial charge in [-0.15, -0.1) is 0 Å². The number of ether oxygens (including phenoxy) is 1. The average Bonchev–Trinajstić information content (AvgIpc) is 2.55. The highest BCUT2D eigenvalue weighted by Crippen LogP contribution is 2.16. The molecule has 1 rings (SSSR count). The Labute approximate surface area is 146 Å². The Kier molecular flexibility index (Phi) is 12.5. The van der Waals surface area contributed by atoms with Crippen LogP contribution in [0.1, 0.15) is 76.7 Å². The quantitative estimate of drug-likeness (QED) is 0.255. The first-order chi connectivity index (χ1) is 10.9. The fourth-order valence-corrected chi connectivity index (χ4v) is 2.94. The standard InChI is InChI=1S/C20H33BrO/c1-2-3-4-5-6-7-8-9-10-17-22-20-15-11-13-19(18-20)14-12-16-21/h11,13,15,18H,2-10,12,14,16-17H2,1H3. The zero-order valence-electron chi connectivity index (χ0n) is 14.3. The van der Waals surface area contributed by atoms with Gasteiger partial charge in [-0.3, -0.25) is 0 Å². The summed E-state index contributed by atoms with van der Waals surface area (Å²) < 4.78 is 5.87. The second-order valence-electron chi connectivity index (χ2n) is 6.12. The molecular weight excluding hydrogens is 336 g/mol. The van der Waals surface area contributed by atoms with Crippen molar-refractivity contribution in [2.75, 3.05) is 11.9 Å². The molecule has 0 atom stereocenters. The van der Waals surface area contributed by atoms with Gasteiger partial charge in [0.25, 0.3) is 0 Å². The Morgan fingerprint density at radius 3 is 2.23 bits per heavy atom. The van der Waals surface area contributed by atoms with Crippen molar-refractivity contribution in [2.24, 2.45) is 0 Å². The van der Waals surface area contributed by atoms with E-state index in [1.54, 1.807) is 0 Å². The third-order valence-electron chi connectivity index (χ3n) is 4.01. The van der Waals surface area contributed by atoms with Gasteiger partial charge in [-0.05, 0) is 37.0 Å². The zero-order chi connectivity index (χ0) is 15.9. The van der Waals surface area contributed by atoms with Crippen molar-refractivity contribution in [1.82, 2.24) is 0 Å². The number of hydrogen-bond acceptors (Lipinski definition) is 1. The van der Waals surface area contributed by atoms with Gasteiger partial charge in [0.1, 0.15) is 5.75 Å². The summed E-state index contributed by atoms with van der Waals surface area (Å²) in [5.41, 5.74) is 1.38. The minimum Gasteiger partial charge on any atom is -0.494 e. The summed E-state index contributed by atoms with van der Waals surface area (Å²) >= 11 is 3.48. The van der Waals surface area contributed by atoms with E-state index in [1.807, 2.05) is 0 Å². The van der Waals surface area contributed by atoms with E-state index in [0.29, 0.717) is 0 Å². The van der Waals surface area contributed by atoms with Crippen LogP contribution in [-0.2, 0) is 6.42 Å². The second kappa shape index (κ2) is 14.1. The molecule has 0 bridgehead atoms. The van der Waals surface area contributed by atoms with Gasteiger partial charge in [0.15, 0.2) is 0 Å². The van der Waals surface area contributed by atoms with Crippen molar-refractivity contribution < 1.29 is 4.74 Å². The van der Waals surface area contributed by atoms with E-state index in [0.717, 1.165) is 24.1 Å². The number of alkyl halides is 1. The number of hydrogen-bond donors (Lipinski definition) is 0. The zero-order valence-corrected chi connectivity index (χ0v) is 15.9. The maximum absolute atomic E-state index is 5.87. The minimum absolute atomic E-state index is 0.859. The Hall–Kier alpha value is -0.500. The second-order valence-corrected chi connectivity index (χ2v) is 6.91. The molecule has 0 saturated carbocycles. The molecule has 126 valence electrons. The summed E-state index contributed by atoms with van der Waals surface area (Å²) in [4.78, 5) is 0. The van der Waals surface area contributed by atoms with Crippen LogP contribution >= 0.6 is 15.9 Å². The molecule has 0 saturated heterocycles. The van der Waals surface area contributed by atoms with Crippen molar-refractivity contribution in [3.8, 4) is 5.75 Å². The number of halogens is 1. The van der Waals surface area contributed by atoms with Gasteiger partial charge in [-0.25, -0.2) is 0 Å². The van der Waals surface area contributed by atoms with E-state index in [2.05, 4.69) is 47.1 Å². The van der Waals surface area contributed by atoms with Gasteiger partial charge >= 0.3 is 0 Å². The number of aryl methyl sites for hydroxylation is 1. The summed E-state index contributed by atoms with van der Waals surface area (Å²) in [6, 6.07) is 8.56. The van der Waals surface area contributed by atoms with Crippen LogP contribution < -0.4 is 4.74 Å². The van der Waals surface area contributed by atoms with Gasteiger partial charge in [0, 0.05) is 5.33 Å². The largest absolute Gasteiger partial charge is 0.494 e. The van der Waals surface area contributed by atoms with E-state index in [1.165, 1.54) is 69.8 Å². The molecule has 0 amide bonds. The third-order valence-corrected chi connectivity index (χ3v) is 4.57. The highest BCUT2D eigenvalue weighted by molar-refractivity contribution is 9.09. The monoisotopic (exact) mass is 368 g/mol. The predicted octanol–water partition coefficient (Wildman–Crippen LogP) is 6.92. The van der Waals surface area contributed by atoms with Gasteiger partial charge in [0.2, 0.25) is 0 Å². The average molecular weight is 369 g/mol. The van der Waals surface area contributed by atoms with E-state index >= 15 is 0 Å². The van der Waals surface area contributed by atoms with Crippen LogP contribution in [0.25, 0.3) is 0 Å². The molecule has 1 nitrogen and oxygen atoms in total. The molecule has 22 heavy (non-hydrogen) atoms. The Morgan fingerprint density at radius 1 is 0.864 bits per heavy atom. The van der Waals surface area contributed by atoms with E-state index in [4.69, 9.17) is 4.74 Å². The smallest absolute Gasteiger partial charge is 0.119 e. The van der Waals surface area contributed by atoms with E-state index in [-0.39, 0.29) is 0 Å². The topological polar surface area (TPSA) is 9.23 Å². The first-order valence-electron chi connectivity index (χ1n) is 9.14. The molecule has 0 N–H and O–H groups in total. The summed E-state index contributed by atoms with van der Waals surface area (Å²) in [5, 5.41) is 1.07. The molecule has 0 aliphatic rings. The highest BCUT2D eigenvalue weighted by Gasteiger charge is 1.98. The molecule has 1 aromatic carbocycles. The fourth-order valence-electron chi connectivity index (χ4n) is 2.66. The van der Waals surface area contributed by atoms with E-state index < -0.39 is 0 Å². The first kappa shape index (κ1) is 19.5. The number of rotatable bonds is 14. The summed E-state index contributed by atoms with van der Waals surface area (Å²) in [6.07, 6.45) is 14.6. The normalized spacial score (nSPS) is 10.8. The fraction of sp³-hybridized carbons (Fsp3) is 0.700. The molecule has 0 aliphatic carbocycles. The summed E-state index contributed by atoms with van der Waals surface area (Å²) in [7, 11) is 0. The molecule has 0 radical (unpaired) electrons. The van der Waals surface area contributed by atoms with Crippen molar-refractivity contribution in [3.05, 3.63) is 29.8 Å². The van der Waals surface area contributed by atoms with Crippen LogP contribution in [0, 0.1) is 0 Å². The molecule has 0 heterocycles. The van der Waals surface area contributed by atoms with Gasteiger partial charge in [-0.2, -0.15) is 0 Å². The van der Waals surface area contributed by atoms with Crippen molar-refractivity contribution in [3.63, 3.8) is 0 Å². The molecule has 0 aliphatic heterocycles. The first-order valence-corrected chi connectivity index (χ1v) is 10.3. The molecular formula is C20H33BrO.